The molecule has 1 N–H and O–H groups in total. The first-order valence-electron chi connectivity index (χ1n) is 9.62. The number of esters is 1. The van der Waals surface area contributed by atoms with Gasteiger partial charge in [0, 0.05) is 11.3 Å². The lowest BCUT2D eigenvalue weighted by Gasteiger charge is -2.16. The molecule has 0 fully saturated rings. The van der Waals surface area contributed by atoms with E-state index in [0.29, 0.717) is 4.88 Å². The van der Waals surface area contributed by atoms with E-state index >= 15 is 0 Å². The van der Waals surface area contributed by atoms with Crippen molar-refractivity contribution in [2.45, 2.75) is 26.7 Å². The number of ketones is 1. The highest BCUT2D eigenvalue weighted by molar-refractivity contribution is 7.12. The van der Waals surface area contributed by atoms with Crippen molar-refractivity contribution >= 4 is 34.7 Å². The number of ether oxygens (including phenoxy) is 1. The average Bonchev–Trinajstić information content (AvgIpc) is 3.27. The maximum absolute atomic E-state index is 12.7. The van der Waals surface area contributed by atoms with Crippen LogP contribution in [0, 0.1) is 6.92 Å². The van der Waals surface area contributed by atoms with Gasteiger partial charge in [0.15, 0.2) is 6.61 Å². The molecule has 0 atom stereocenters. The molecule has 154 valence electrons. The standard InChI is InChI=1S/C24H23NO4S/c1-15(2)17-11-6-8-16(3)22(17)25-21(26)14-29-24(28)19-10-5-4-9-18(19)23(27)20-12-7-13-30-20/h4-13,15H,14H2,1-3H3,(H,25,26). The fraction of sp³-hybridized carbons (Fsp3) is 0.208. The van der Waals surface area contributed by atoms with Crippen LogP contribution in [0.15, 0.2) is 60.0 Å². The monoisotopic (exact) mass is 421 g/mol. The Morgan fingerprint density at radius 1 is 0.967 bits per heavy atom. The number of nitrogens with one attached hydrogen (secondary N) is 1. The number of hydrogen-bond donors (Lipinski definition) is 1. The number of carbonyl (C=O) groups is 3. The van der Waals surface area contributed by atoms with E-state index in [0.717, 1.165) is 16.8 Å². The summed E-state index contributed by atoms with van der Waals surface area (Å²) in [6.07, 6.45) is 0. The maximum Gasteiger partial charge on any atom is 0.339 e. The van der Waals surface area contributed by atoms with Crippen LogP contribution in [-0.2, 0) is 9.53 Å². The average molecular weight is 422 g/mol. The van der Waals surface area contributed by atoms with Crippen molar-refractivity contribution in [3.05, 3.63) is 87.1 Å². The third kappa shape index (κ3) is 4.83. The number of hydrogen-bond acceptors (Lipinski definition) is 5. The highest BCUT2D eigenvalue weighted by atomic mass is 32.1. The smallest absolute Gasteiger partial charge is 0.339 e. The predicted molar refractivity (Wildman–Crippen MR) is 118 cm³/mol. The molecule has 0 saturated carbocycles. The lowest BCUT2D eigenvalue weighted by molar-refractivity contribution is -0.119. The van der Waals surface area contributed by atoms with Gasteiger partial charge in [0.05, 0.1) is 10.4 Å². The zero-order chi connectivity index (χ0) is 21.7. The van der Waals surface area contributed by atoms with Crippen molar-refractivity contribution in [3.63, 3.8) is 0 Å². The number of rotatable bonds is 7. The number of amides is 1. The summed E-state index contributed by atoms with van der Waals surface area (Å²) in [5.41, 5.74) is 3.09. The molecule has 1 amide bonds. The molecule has 0 spiro atoms. The van der Waals surface area contributed by atoms with Crippen molar-refractivity contribution in [3.8, 4) is 0 Å². The summed E-state index contributed by atoms with van der Waals surface area (Å²) in [5, 5.41) is 4.65. The van der Waals surface area contributed by atoms with E-state index < -0.39 is 18.5 Å². The first-order chi connectivity index (χ1) is 14.4. The van der Waals surface area contributed by atoms with Crippen molar-refractivity contribution in [1.29, 1.82) is 0 Å². The van der Waals surface area contributed by atoms with Crippen LogP contribution in [0.4, 0.5) is 5.69 Å². The van der Waals surface area contributed by atoms with Gasteiger partial charge in [-0.05, 0) is 41.5 Å². The van der Waals surface area contributed by atoms with Crippen molar-refractivity contribution in [2.75, 3.05) is 11.9 Å². The topological polar surface area (TPSA) is 72.5 Å². The summed E-state index contributed by atoms with van der Waals surface area (Å²) in [4.78, 5) is 38.2. The fourth-order valence-corrected chi connectivity index (χ4v) is 3.80. The third-order valence-corrected chi connectivity index (χ3v) is 5.53. The highest BCUT2D eigenvalue weighted by Gasteiger charge is 2.21. The molecule has 0 unspecified atom stereocenters. The number of para-hydroxylation sites is 1. The molecule has 3 aromatic rings. The number of carbonyl (C=O) groups excluding carboxylic acids is 3. The number of benzene rings is 2. The lowest BCUT2D eigenvalue weighted by atomic mass is 9.98. The minimum atomic E-state index is -0.709. The van der Waals surface area contributed by atoms with E-state index in [1.165, 1.54) is 17.4 Å². The Balaban J connectivity index is 1.70. The molecule has 1 aromatic heterocycles. The summed E-state index contributed by atoms with van der Waals surface area (Å²) in [6, 6.07) is 15.8. The largest absolute Gasteiger partial charge is 0.452 e. The van der Waals surface area contributed by atoms with Crippen LogP contribution in [0.3, 0.4) is 0 Å². The predicted octanol–water partition coefficient (Wildman–Crippen LogP) is 5.21. The van der Waals surface area contributed by atoms with Crippen molar-refractivity contribution < 1.29 is 19.1 Å². The number of thiophene rings is 1. The van der Waals surface area contributed by atoms with E-state index in [9.17, 15) is 14.4 Å². The van der Waals surface area contributed by atoms with Gasteiger partial charge in [-0.3, -0.25) is 9.59 Å². The second-order valence-electron chi connectivity index (χ2n) is 7.17. The molecule has 0 radical (unpaired) electrons. The second kappa shape index (κ2) is 9.50. The Hall–Kier alpha value is -3.25. The maximum atomic E-state index is 12.7. The summed E-state index contributed by atoms with van der Waals surface area (Å²) < 4.78 is 5.21. The first kappa shape index (κ1) is 21.5. The van der Waals surface area contributed by atoms with Gasteiger partial charge in [0.2, 0.25) is 5.78 Å². The Morgan fingerprint density at radius 3 is 2.37 bits per heavy atom. The molecule has 0 aliphatic heterocycles. The van der Waals surface area contributed by atoms with E-state index in [-0.39, 0.29) is 22.8 Å². The first-order valence-corrected chi connectivity index (χ1v) is 10.5. The van der Waals surface area contributed by atoms with Gasteiger partial charge < -0.3 is 10.1 Å². The van der Waals surface area contributed by atoms with E-state index in [1.807, 2.05) is 39.0 Å². The van der Waals surface area contributed by atoms with Crippen LogP contribution < -0.4 is 5.32 Å². The molecule has 5 nitrogen and oxygen atoms in total. The van der Waals surface area contributed by atoms with Crippen LogP contribution in [0.1, 0.15) is 56.5 Å². The lowest BCUT2D eigenvalue weighted by Crippen LogP contribution is -2.23. The minimum absolute atomic E-state index is 0.141. The minimum Gasteiger partial charge on any atom is -0.452 e. The van der Waals surface area contributed by atoms with E-state index in [4.69, 9.17) is 4.74 Å². The molecule has 0 bridgehead atoms. The summed E-state index contributed by atoms with van der Waals surface area (Å²) >= 11 is 1.30. The summed E-state index contributed by atoms with van der Waals surface area (Å²) in [5.74, 6) is -1.15. The molecule has 1 heterocycles. The molecule has 30 heavy (non-hydrogen) atoms. The molecule has 0 saturated heterocycles. The van der Waals surface area contributed by atoms with E-state index in [2.05, 4.69) is 5.32 Å². The third-order valence-electron chi connectivity index (χ3n) is 4.66. The van der Waals surface area contributed by atoms with Gasteiger partial charge in [0.25, 0.3) is 5.91 Å². The molecule has 0 aliphatic carbocycles. The van der Waals surface area contributed by atoms with Crippen LogP contribution >= 0.6 is 11.3 Å². The second-order valence-corrected chi connectivity index (χ2v) is 8.12. The van der Waals surface area contributed by atoms with Crippen LogP contribution in [0.5, 0.6) is 0 Å². The van der Waals surface area contributed by atoms with Gasteiger partial charge >= 0.3 is 5.97 Å². The fourth-order valence-electron chi connectivity index (χ4n) is 3.13. The zero-order valence-electron chi connectivity index (χ0n) is 17.1. The summed E-state index contributed by atoms with van der Waals surface area (Å²) in [7, 11) is 0. The normalized spacial score (nSPS) is 10.7. The zero-order valence-corrected chi connectivity index (χ0v) is 17.9. The Kier molecular flexibility index (Phi) is 6.79. The Bertz CT molecular complexity index is 1070. The summed E-state index contributed by atoms with van der Waals surface area (Å²) in [6.45, 7) is 5.57. The number of anilines is 1. The van der Waals surface area contributed by atoms with Crippen molar-refractivity contribution in [1.82, 2.24) is 0 Å². The Labute approximate surface area is 179 Å². The molecule has 6 heteroatoms. The highest BCUT2D eigenvalue weighted by Crippen LogP contribution is 2.27. The molecule has 2 aromatic carbocycles. The van der Waals surface area contributed by atoms with E-state index in [1.54, 1.807) is 35.7 Å². The van der Waals surface area contributed by atoms with Crippen LogP contribution in [-0.4, -0.2) is 24.3 Å². The van der Waals surface area contributed by atoms with Gasteiger partial charge in [-0.25, -0.2) is 4.79 Å². The van der Waals surface area contributed by atoms with Gasteiger partial charge in [-0.1, -0.05) is 56.3 Å². The number of aryl methyl sites for hydroxylation is 1. The van der Waals surface area contributed by atoms with Crippen LogP contribution in [0.2, 0.25) is 0 Å². The quantitative estimate of drug-likeness (QED) is 0.420. The van der Waals surface area contributed by atoms with Gasteiger partial charge in [-0.15, -0.1) is 11.3 Å². The molecular formula is C24H23NO4S. The van der Waals surface area contributed by atoms with Gasteiger partial charge in [0.1, 0.15) is 0 Å². The van der Waals surface area contributed by atoms with Gasteiger partial charge in [-0.2, -0.15) is 0 Å². The van der Waals surface area contributed by atoms with Crippen molar-refractivity contribution in [2.24, 2.45) is 0 Å². The van der Waals surface area contributed by atoms with Crippen LogP contribution in [0.25, 0.3) is 0 Å². The molecule has 3 rings (SSSR count). The Morgan fingerprint density at radius 2 is 1.70 bits per heavy atom. The molecular weight excluding hydrogens is 398 g/mol. The SMILES string of the molecule is Cc1cccc(C(C)C)c1NC(=O)COC(=O)c1ccccc1C(=O)c1cccs1. The molecule has 0 aliphatic rings.